The highest BCUT2D eigenvalue weighted by molar-refractivity contribution is 5.73. The first kappa shape index (κ1) is 30.3. The zero-order valence-electron chi connectivity index (χ0n) is 20.8. The van der Waals surface area contributed by atoms with Crippen molar-refractivity contribution in [3.63, 3.8) is 0 Å². The molecule has 10 atom stereocenters. The molecular formula is C23H43NO11. The first-order valence-corrected chi connectivity index (χ1v) is 12.4. The summed E-state index contributed by atoms with van der Waals surface area (Å²) in [5, 5.41) is 54.6. The van der Waals surface area contributed by atoms with Crippen molar-refractivity contribution in [2.75, 3.05) is 26.9 Å². The molecule has 2 aliphatic heterocycles. The molecule has 2 aliphatic rings. The van der Waals surface area contributed by atoms with Crippen LogP contribution in [0, 0.1) is 0 Å². The topological polar surface area (TPSA) is 176 Å². The smallest absolute Gasteiger partial charge is 0.217 e. The second-order valence-electron chi connectivity index (χ2n) is 9.15. The predicted molar refractivity (Wildman–Crippen MR) is 122 cm³/mol. The molecule has 12 heteroatoms. The minimum atomic E-state index is -1.53. The Labute approximate surface area is 206 Å². The molecule has 2 fully saturated rings. The maximum Gasteiger partial charge on any atom is 0.217 e. The van der Waals surface area contributed by atoms with E-state index in [0.29, 0.717) is 6.61 Å². The number of hydrogen-bond donors (Lipinski definition) is 6. The molecule has 12 nitrogen and oxygen atoms in total. The number of hydrogen-bond acceptors (Lipinski definition) is 11. The van der Waals surface area contributed by atoms with Crippen molar-refractivity contribution >= 4 is 5.91 Å². The van der Waals surface area contributed by atoms with Crippen LogP contribution in [-0.2, 0) is 28.5 Å². The van der Waals surface area contributed by atoms with Crippen molar-refractivity contribution in [3.8, 4) is 0 Å². The van der Waals surface area contributed by atoms with E-state index < -0.39 is 73.9 Å². The number of ether oxygens (including phenoxy) is 5. The Hall–Kier alpha value is -0.930. The van der Waals surface area contributed by atoms with Gasteiger partial charge in [0.1, 0.15) is 48.8 Å². The minimum Gasteiger partial charge on any atom is -0.394 e. The van der Waals surface area contributed by atoms with E-state index in [2.05, 4.69) is 12.2 Å². The Bertz CT molecular complexity index is 610. The molecule has 1 amide bonds. The lowest BCUT2D eigenvalue weighted by Gasteiger charge is -2.47. The van der Waals surface area contributed by atoms with Gasteiger partial charge in [0.25, 0.3) is 0 Å². The van der Waals surface area contributed by atoms with Gasteiger partial charge in [-0.25, -0.2) is 0 Å². The van der Waals surface area contributed by atoms with Crippen molar-refractivity contribution < 1.29 is 54.0 Å². The second-order valence-corrected chi connectivity index (χ2v) is 9.15. The van der Waals surface area contributed by atoms with Crippen molar-refractivity contribution in [1.82, 2.24) is 5.32 Å². The molecule has 6 N–H and O–H groups in total. The minimum absolute atomic E-state index is 0.0744. The highest BCUT2D eigenvalue weighted by Crippen LogP contribution is 2.30. The van der Waals surface area contributed by atoms with Crippen LogP contribution in [0.1, 0.15) is 52.4 Å². The van der Waals surface area contributed by atoms with E-state index in [0.717, 1.165) is 32.1 Å². The Morgan fingerprint density at radius 3 is 2.17 bits per heavy atom. The molecular weight excluding hydrogens is 466 g/mol. The molecule has 0 aromatic carbocycles. The normalized spacial score (nSPS) is 37.8. The summed E-state index contributed by atoms with van der Waals surface area (Å²) in [5.41, 5.74) is 0. The van der Waals surface area contributed by atoms with Crippen LogP contribution in [0.25, 0.3) is 0 Å². The average Bonchev–Trinajstić information content (AvgIpc) is 2.83. The summed E-state index contributed by atoms with van der Waals surface area (Å²) in [6.07, 6.45) is -5.38. The molecule has 0 aromatic rings. The molecule has 35 heavy (non-hydrogen) atoms. The lowest BCUT2D eigenvalue weighted by atomic mass is 9.95. The Kier molecular flexibility index (Phi) is 13.3. The summed E-state index contributed by atoms with van der Waals surface area (Å²) in [6.45, 7) is 3.06. The highest BCUT2D eigenvalue weighted by Gasteiger charge is 2.51. The van der Waals surface area contributed by atoms with Crippen LogP contribution in [0.15, 0.2) is 0 Å². The van der Waals surface area contributed by atoms with Crippen molar-refractivity contribution in [2.45, 2.75) is 114 Å². The molecule has 0 unspecified atom stereocenters. The predicted octanol–water partition coefficient (Wildman–Crippen LogP) is -1.21. The monoisotopic (exact) mass is 509 g/mol. The van der Waals surface area contributed by atoms with Gasteiger partial charge in [0.15, 0.2) is 12.6 Å². The van der Waals surface area contributed by atoms with Gasteiger partial charge in [0.05, 0.1) is 13.2 Å². The van der Waals surface area contributed by atoms with Crippen molar-refractivity contribution in [1.29, 1.82) is 0 Å². The van der Waals surface area contributed by atoms with Gasteiger partial charge in [0.2, 0.25) is 5.91 Å². The molecule has 0 aromatic heterocycles. The highest BCUT2D eigenvalue weighted by atomic mass is 16.7. The van der Waals surface area contributed by atoms with Gasteiger partial charge in [-0.15, -0.1) is 0 Å². The number of methoxy groups -OCH3 is 1. The standard InChI is InChI=1S/C23H43NO11/c1-4-5-6-7-8-9-10-32-23-20(30)19(29)21(14(11-25)33-23)35-22-16(24-13(2)26)18(28)17(27)15(34-22)12-31-3/h14-23,25,27-30H,4-12H2,1-3H3,(H,24,26)/t14-,15-,16-,17+,18-,19-,20-,21+,22+,23-/m1/s1. The van der Waals surface area contributed by atoms with Gasteiger partial charge in [-0.2, -0.15) is 0 Å². The van der Waals surface area contributed by atoms with E-state index in [-0.39, 0.29) is 6.61 Å². The molecule has 2 rings (SSSR count). The summed E-state index contributed by atoms with van der Waals surface area (Å²) >= 11 is 0. The van der Waals surface area contributed by atoms with E-state index in [9.17, 15) is 30.3 Å². The van der Waals surface area contributed by atoms with E-state index in [1.807, 2.05) is 0 Å². The molecule has 0 spiro atoms. The number of nitrogens with one attached hydrogen (secondary N) is 1. The third-order valence-electron chi connectivity index (χ3n) is 6.29. The number of aliphatic hydroxyl groups is 5. The zero-order chi connectivity index (χ0) is 26.0. The van der Waals surface area contributed by atoms with Crippen molar-refractivity contribution in [3.05, 3.63) is 0 Å². The first-order chi connectivity index (χ1) is 16.7. The Balaban J connectivity index is 2.02. The van der Waals surface area contributed by atoms with Gasteiger partial charge < -0.3 is 54.5 Å². The zero-order valence-corrected chi connectivity index (χ0v) is 20.8. The van der Waals surface area contributed by atoms with E-state index in [1.165, 1.54) is 20.5 Å². The third-order valence-corrected chi connectivity index (χ3v) is 6.29. The van der Waals surface area contributed by atoms with E-state index in [4.69, 9.17) is 23.7 Å². The summed E-state index contributed by atoms with van der Waals surface area (Å²) in [6, 6.07) is -1.19. The lowest BCUT2D eigenvalue weighted by molar-refractivity contribution is -0.347. The quantitative estimate of drug-likeness (QED) is 0.155. The molecule has 2 heterocycles. The van der Waals surface area contributed by atoms with Crippen LogP contribution in [0.3, 0.4) is 0 Å². The maximum absolute atomic E-state index is 11.7. The summed E-state index contributed by atoms with van der Waals surface area (Å²) < 4.78 is 27.9. The first-order valence-electron chi connectivity index (χ1n) is 12.4. The second kappa shape index (κ2) is 15.4. The van der Waals surface area contributed by atoms with Crippen LogP contribution in [0.4, 0.5) is 0 Å². The van der Waals surface area contributed by atoms with Crippen LogP contribution >= 0.6 is 0 Å². The number of aliphatic hydroxyl groups excluding tert-OH is 5. The Morgan fingerprint density at radius 2 is 1.54 bits per heavy atom. The van der Waals surface area contributed by atoms with Gasteiger partial charge in [-0.1, -0.05) is 39.0 Å². The van der Waals surface area contributed by atoms with Crippen LogP contribution < -0.4 is 5.32 Å². The van der Waals surface area contributed by atoms with Gasteiger partial charge in [-0.3, -0.25) is 4.79 Å². The fraction of sp³-hybridized carbons (Fsp3) is 0.957. The molecule has 0 radical (unpaired) electrons. The van der Waals surface area contributed by atoms with Crippen LogP contribution in [-0.4, -0.2) is 120 Å². The van der Waals surface area contributed by atoms with Crippen molar-refractivity contribution in [2.24, 2.45) is 0 Å². The van der Waals surface area contributed by atoms with E-state index >= 15 is 0 Å². The Morgan fingerprint density at radius 1 is 0.886 bits per heavy atom. The molecule has 0 aliphatic carbocycles. The summed E-state index contributed by atoms with van der Waals surface area (Å²) in [7, 11) is 1.39. The fourth-order valence-electron chi connectivity index (χ4n) is 4.33. The maximum atomic E-state index is 11.7. The summed E-state index contributed by atoms with van der Waals surface area (Å²) in [5.74, 6) is -0.508. The third kappa shape index (κ3) is 8.56. The van der Waals surface area contributed by atoms with Gasteiger partial charge in [0, 0.05) is 20.6 Å². The van der Waals surface area contributed by atoms with Gasteiger partial charge in [-0.05, 0) is 6.42 Å². The SMILES string of the molecule is CCCCCCCCO[C@@H]1O[C@H](CO)[C@H](O[C@@H]2O[C@H](COC)[C@H](O)[C@H](O)[C@H]2NC(C)=O)[C@H](O)[C@H]1O. The number of unbranched alkanes of at least 4 members (excludes halogenated alkanes) is 5. The van der Waals surface area contributed by atoms with Crippen LogP contribution in [0.5, 0.6) is 0 Å². The lowest BCUT2D eigenvalue weighted by Crippen LogP contribution is -2.67. The fourth-order valence-corrected chi connectivity index (χ4v) is 4.33. The number of carbonyl (C=O) groups excluding carboxylic acids is 1. The van der Waals surface area contributed by atoms with E-state index in [1.54, 1.807) is 0 Å². The molecule has 0 saturated carbocycles. The number of amides is 1. The molecule has 0 bridgehead atoms. The van der Waals surface area contributed by atoms with Crippen LogP contribution in [0.2, 0.25) is 0 Å². The molecule has 206 valence electrons. The largest absolute Gasteiger partial charge is 0.394 e. The number of rotatable bonds is 14. The van der Waals surface area contributed by atoms with Gasteiger partial charge >= 0.3 is 0 Å². The summed E-state index contributed by atoms with van der Waals surface area (Å²) in [4.78, 5) is 11.7. The average molecular weight is 510 g/mol. The number of carbonyl (C=O) groups is 1. The molecule has 2 saturated heterocycles.